The van der Waals surface area contributed by atoms with Gasteiger partial charge in [0.1, 0.15) is 0 Å². The molecule has 0 aromatic heterocycles. The summed E-state index contributed by atoms with van der Waals surface area (Å²) in [4.78, 5) is 4.74. The van der Waals surface area contributed by atoms with Crippen LogP contribution in [0, 0.1) is 5.41 Å². The number of amidine groups is 1. The quantitative estimate of drug-likeness (QED) is 0.849. The number of hydrogen-bond acceptors (Lipinski definition) is 4. The van der Waals surface area contributed by atoms with Crippen LogP contribution in [0.3, 0.4) is 0 Å². The average molecular weight is 272 g/mol. The molecule has 1 atom stereocenters. The summed E-state index contributed by atoms with van der Waals surface area (Å²) in [7, 11) is 0. The van der Waals surface area contributed by atoms with Crippen LogP contribution in [0.15, 0.2) is 4.99 Å². The first-order valence-electron chi connectivity index (χ1n) is 6.81. The van der Waals surface area contributed by atoms with Crippen molar-refractivity contribution in [2.45, 2.75) is 44.8 Å². The van der Waals surface area contributed by atoms with Crippen LogP contribution >= 0.6 is 23.5 Å². The van der Waals surface area contributed by atoms with Crippen LogP contribution in [0.1, 0.15) is 39.5 Å². The highest BCUT2D eigenvalue weighted by molar-refractivity contribution is 8.13. The van der Waals surface area contributed by atoms with Crippen molar-refractivity contribution in [3.8, 4) is 0 Å². The van der Waals surface area contributed by atoms with Gasteiger partial charge in [0.25, 0.3) is 0 Å². The van der Waals surface area contributed by atoms with E-state index in [1.807, 2.05) is 11.8 Å². The van der Waals surface area contributed by atoms with E-state index in [1.165, 1.54) is 42.4 Å². The molecule has 98 valence electrons. The third kappa shape index (κ3) is 3.57. The van der Waals surface area contributed by atoms with Crippen LogP contribution in [0.4, 0.5) is 0 Å². The third-order valence-corrected chi connectivity index (χ3v) is 6.78. The molecule has 17 heavy (non-hydrogen) atoms. The zero-order chi connectivity index (χ0) is 12.1. The number of nitrogens with one attached hydrogen (secondary N) is 1. The van der Waals surface area contributed by atoms with Crippen LogP contribution in [0.25, 0.3) is 0 Å². The Labute approximate surface area is 114 Å². The van der Waals surface area contributed by atoms with Gasteiger partial charge in [-0.1, -0.05) is 25.6 Å². The molecule has 0 aromatic rings. The van der Waals surface area contributed by atoms with Crippen molar-refractivity contribution in [3.05, 3.63) is 0 Å². The maximum Gasteiger partial charge on any atom is 0.156 e. The molecule has 1 N–H and O–H groups in total. The minimum atomic E-state index is 0.470. The SMILES string of the molecule is CCC1(CC)CN=C(NCC2CCCS2)SC1. The normalized spacial score (nSPS) is 27.9. The molecule has 0 saturated carbocycles. The highest BCUT2D eigenvalue weighted by Gasteiger charge is 2.30. The van der Waals surface area contributed by atoms with Crippen LogP contribution in [0.2, 0.25) is 0 Å². The Hall–Kier alpha value is 0.170. The van der Waals surface area contributed by atoms with E-state index in [9.17, 15) is 0 Å². The van der Waals surface area contributed by atoms with Crippen LogP contribution in [-0.4, -0.2) is 35.0 Å². The fraction of sp³-hybridized carbons (Fsp3) is 0.923. The number of rotatable bonds is 4. The van der Waals surface area contributed by atoms with E-state index in [-0.39, 0.29) is 0 Å². The van der Waals surface area contributed by atoms with Gasteiger partial charge < -0.3 is 5.32 Å². The molecule has 2 heterocycles. The molecule has 2 aliphatic rings. The van der Waals surface area contributed by atoms with E-state index in [0.717, 1.165) is 18.3 Å². The lowest BCUT2D eigenvalue weighted by atomic mass is 9.84. The molecule has 1 saturated heterocycles. The van der Waals surface area contributed by atoms with Crippen LogP contribution in [0.5, 0.6) is 0 Å². The van der Waals surface area contributed by atoms with Crippen molar-refractivity contribution >= 4 is 28.7 Å². The molecule has 2 rings (SSSR count). The van der Waals surface area contributed by atoms with Crippen molar-refractivity contribution in [3.63, 3.8) is 0 Å². The zero-order valence-electron chi connectivity index (χ0n) is 11.0. The summed E-state index contributed by atoms with van der Waals surface area (Å²) in [6.07, 6.45) is 5.28. The molecule has 4 heteroatoms. The average Bonchev–Trinajstić information content (AvgIpc) is 2.90. The fourth-order valence-electron chi connectivity index (χ4n) is 2.34. The standard InChI is InChI=1S/C13H24N2S2/c1-3-13(4-2)9-15-12(17-10-13)14-8-11-6-5-7-16-11/h11H,3-10H2,1-2H3,(H,14,15). The van der Waals surface area contributed by atoms with Crippen molar-refractivity contribution < 1.29 is 0 Å². The molecule has 2 aliphatic heterocycles. The van der Waals surface area contributed by atoms with Gasteiger partial charge in [-0.05, 0) is 36.9 Å². The summed E-state index contributed by atoms with van der Waals surface area (Å²) in [5.41, 5.74) is 0.470. The van der Waals surface area contributed by atoms with Gasteiger partial charge >= 0.3 is 0 Å². The molecular formula is C13H24N2S2. The minimum Gasteiger partial charge on any atom is -0.364 e. The molecule has 0 spiro atoms. The van der Waals surface area contributed by atoms with E-state index in [0.29, 0.717) is 5.41 Å². The van der Waals surface area contributed by atoms with Gasteiger partial charge in [0, 0.05) is 24.1 Å². The molecule has 2 nitrogen and oxygen atoms in total. The van der Waals surface area contributed by atoms with Crippen LogP contribution < -0.4 is 5.32 Å². The Morgan fingerprint density at radius 1 is 1.41 bits per heavy atom. The minimum absolute atomic E-state index is 0.470. The number of hydrogen-bond donors (Lipinski definition) is 1. The molecule has 1 unspecified atom stereocenters. The van der Waals surface area contributed by atoms with Crippen molar-refractivity contribution in [1.82, 2.24) is 5.32 Å². The Morgan fingerprint density at radius 3 is 2.76 bits per heavy atom. The second-order valence-corrected chi connectivity index (χ2v) is 7.51. The Balaban J connectivity index is 1.77. The maximum atomic E-state index is 4.74. The summed E-state index contributed by atoms with van der Waals surface area (Å²) in [5, 5.41) is 5.55. The van der Waals surface area contributed by atoms with Crippen molar-refractivity contribution in [2.24, 2.45) is 10.4 Å². The summed E-state index contributed by atoms with van der Waals surface area (Å²) >= 11 is 4.05. The lowest BCUT2D eigenvalue weighted by Gasteiger charge is -2.33. The van der Waals surface area contributed by atoms with E-state index in [1.54, 1.807) is 0 Å². The molecular weight excluding hydrogens is 248 g/mol. The first-order valence-corrected chi connectivity index (χ1v) is 8.84. The van der Waals surface area contributed by atoms with E-state index in [4.69, 9.17) is 4.99 Å². The van der Waals surface area contributed by atoms with Gasteiger partial charge in [-0.15, -0.1) is 0 Å². The fourth-order valence-corrected chi connectivity index (χ4v) is 4.83. The monoisotopic (exact) mass is 272 g/mol. The van der Waals surface area contributed by atoms with Gasteiger partial charge in [0.15, 0.2) is 5.17 Å². The molecule has 1 fully saturated rings. The van der Waals surface area contributed by atoms with Gasteiger partial charge in [-0.25, -0.2) is 0 Å². The van der Waals surface area contributed by atoms with E-state index < -0.39 is 0 Å². The first-order chi connectivity index (χ1) is 8.28. The molecule has 0 amide bonds. The van der Waals surface area contributed by atoms with Crippen molar-refractivity contribution in [1.29, 1.82) is 0 Å². The number of thioether (sulfide) groups is 2. The van der Waals surface area contributed by atoms with Gasteiger partial charge in [0.05, 0.1) is 0 Å². The first kappa shape index (κ1) is 13.6. The highest BCUT2D eigenvalue weighted by Crippen LogP contribution is 2.35. The second kappa shape index (κ2) is 6.37. The Kier molecular flexibility index (Phi) is 5.10. The van der Waals surface area contributed by atoms with E-state index in [2.05, 4.69) is 30.9 Å². The van der Waals surface area contributed by atoms with Gasteiger partial charge in [-0.2, -0.15) is 11.8 Å². The van der Waals surface area contributed by atoms with Gasteiger partial charge in [-0.3, -0.25) is 4.99 Å². The predicted octanol–water partition coefficient (Wildman–Crippen LogP) is 3.38. The van der Waals surface area contributed by atoms with Gasteiger partial charge in [0.2, 0.25) is 0 Å². The predicted molar refractivity (Wildman–Crippen MR) is 81.3 cm³/mol. The summed E-state index contributed by atoms with van der Waals surface area (Å²) in [5.74, 6) is 2.59. The summed E-state index contributed by atoms with van der Waals surface area (Å²) < 4.78 is 0. The topological polar surface area (TPSA) is 24.4 Å². The number of aliphatic imine (C=N–C) groups is 1. The highest BCUT2D eigenvalue weighted by atomic mass is 32.2. The Bertz CT molecular complexity index is 269. The lowest BCUT2D eigenvalue weighted by Crippen LogP contribution is -2.36. The Morgan fingerprint density at radius 2 is 2.24 bits per heavy atom. The molecule has 0 aliphatic carbocycles. The molecule has 0 radical (unpaired) electrons. The lowest BCUT2D eigenvalue weighted by molar-refractivity contribution is 0.318. The molecule has 0 bridgehead atoms. The molecule has 0 aromatic carbocycles. The second-order valence-electron chi connectivity index (χ2n) is 5.13. The maximum absolute atomic E-state index is 4.74. The van der Waals surface area contributed by atoms with Crippen LogP contribution in [-0.2, 0) is 0 Å². The smallest absolute Gasteiger partial charge is 0.156 e. The number of nitrogens with zero attached hydrogens (tertiary/aromatic N) is 1. The summed E-state index contributed by atoms with van der Waals surface area (Å²) in [6, 6.07) is 0. The zero-order valence-corrected chi connectivity index (χ0v) is 12.6. The van der Waals surface area contributed by atoms with E-state index >= 15 is 0 Å². The largest absolute Gasteiger partial charge is 0.364 e. The summed E-state index contributed by atoms with van der Waals surface area (Å²) in [6.45, 7) is 6.73. The van der Waals surface area contributed by atoms with Crippen molar-refractivity contribution in [2.75, 3.05) is 24.6 Å². The third-order valence-electron chi connectivity index (χ3n) is 4.08.